The van der Waals surface area contributed by atoms with Crippen LogP contribution in [0.3, 0.4) is 0 Å². The van der Waals surface area contributed by atoms with Gasteiger partial charge in [0.05, 0.1) is 0 Å². The second kappa shape index (κ2) is 4.92. The second-order valence-corrected chi connectivity index (χ2v) is 4.88. The first-order chi connectivity index (χ1) is 9.63. The highest BCUT2D eigenvalue weighted by Gasteiger charge is 2.21. The molecule has 106 valence electrons. The van der Waals surface area contributed by atoms with Crippen LogP contribution in [0.2, 0.25) is 0 Å². The number of nitrogens with zero attached hydrogens (tertiary/aromatic N) is 5. The Hall–Kier alpha value is -2.44. The normalized spacial score (nSPS) is 15.7. The van der Waals surface area contributed by atoms with Crippen LogP contribution in [0.4, 0.5) is 17.6 Å². The summed E-state index contributed by atoms with van der Waals surface area (Å²) in [6, 6.07) is 7.30. The highest BCUT2D eigenvalue weighted by molar-refractivity contribution is 5.50. The van der Waals surface area contributed by atoms with Gasteiger partial charge in [0.25, 0.3) is 0 Å². The van der Waals surface area contributed by atoms with Crippen molar-refractivity contribution in [1.82, 2.24) is 14.8 Å². The number of phenols is 1. The molecule has 0 spiro atoms. The number of nitrogen functional groups attached to an aromatic ring is 1. The van der Waals surface area contributed by atoms with E-state index in [4.69, 9.17) is 5.73 Å². The van der Waals surface area contributed by atoms with Gasteiger partial charge >= 0.3 is 0 Å². The number of piperazine rings is 1. The summed E-state index contributed by atoms with van der Waals surface area (Å²) in [7, 11) is 1.85. The topological polar surface area (TPSA) is 83.4 Å². The summed E-state index contributed by atoms with van der Waals surface area (Å²) in [5, 5.41) is 13.4. The lowest BCUT2D eigenvalue weighted by Gasteiger charge is -2.36. The van der Waals surface area contributed by atoms with Gasteiger partial charge in [0.15, 0.2) is 0 Å². The van der Waals surface area contributed by atoms with Gasteiger partial charge < -0.3 is 20.6 Å². The molecule has 0 atom stereocenters. The minimum absolute atomic E-state index is 0.293. The highest BCUT2D eigenvalue weighted by atomic mass is 16.3. The predicted molar refractivity (Wildman–Crippen MR) is 77.9 cm³/mol. The standard InChI is InChI=1S/C13H18N6O/c1-17-13(15-12(14)16-17)19-8-6-18(7-9-19)10-2-4-11(20)5-3-10/h2-5,20H,6-9H2,1H3,(H2,14,16). The van der Waals surface area contributed by atoms with E-state index in [9.17, 15) is 5.11 Å². The third kappa shape index (κ3) is 2.34. The predicted octanol–water partition coefficient (Wildman–Crippen LogP) is 0.429. The number of benzene rings is 1. The Morgan fingerprint density at radius 3 is 2.20 bits per heavy atom. The fraction of sp³-hybridized carbons (Fsp3) is 0.385. The smallest absolute Gasteiger partial charge is 0.241 e. The molecule has 7 heteroatoms. The van der Waals surface area contributed by atoms with Crippen LogP contribution in [0.5, 0.6) is 5.75 Å². The van der Waals surface area contributed by atoms with E-state index >= 15 is 0 Å². The van der Waals surface area contributed by atoms with E-state index in [1.54, 1.807) is 16.8 Å². The summed E-state index contributed by atoms with van der Waals surface area (Å²) >= 11 is 0. The van der Waals surface area contributed by atoms with Crippen LogP contribution in [-0.2, 0) is 7.05 Å². The van der Waals surface area contributed by atoms with Crippen LogP contribution in [0.25, 0.3) is 0 Å². The minimum atomic E-state index is 0.293. The van der Waals surface area contributed by atoms with Crippen molar-refractivity contribution >= 4 is 17.6 Å². The summed E-state index contributed by atoms with van der Waals surface area (Å²) in [6.45, 7) is 3.54. The highest BCUT2D eigenvalue weighted by Crippen LogP contribution is 2.21. The largest absolute Gasteiger partial charge is 0.508 e. The molecule has 3 N–H and O–H groups in total. The molecular formula is C13H18N6O. The molecular weight excluding hydrogens is 256 g/mol. The number of aromatic nitrogens is 3. The Labute approximate surface area is 117 Å². The number of aromatic hydroxyl groups is 1. The second-order valence-electron chi connectivity index (χ2n) is 4.88. The first-order valence-electron chi connectivity index (χ1n) is 6.59. The fourth-order valence-electron chi connectivity index (χ4n) is 2.50. The number of phenolic OH excluding ortho intramolecular Hbond substituents is 1. The zero-order valence-corrected chi connectivity index (χ0v) is 11.4. The molecule has 1 fully saturated rings. The molecule has 2 heterocycles. The number of aryl methyl sites for hydroxylation is 1. The first-order valence-corrected chi connectivity index (χ1v) is 6.59. The van der Waals surface area contributed by atoms with Crippen LogP contribution < -0.4 is 15.5 Å². The Morgan fingerprint density at radius 2 is 1.65 bits per heavy atom. The lowest BCUT2D eigenvalue weighted by atomic mass is 10.2. The molecule has 0 bridgehead atoms. The van der Waals surface area contributed by atoms with Crippen molar-refractivity contribution in [1.29, 1.82) is 0 Å². The Morgan fingerprint density at radius 1 is 1.05 bits per heavy atom. The molecule has 1 aromatic heterocycles. The molecule has 7 nitrogen and oxygen atoms in total. The molecule has 1 aliphatic heterocycles. The van der Waals surface area contributed by atoms with E-state index in [1.807, 2.05) is 19.2 Å². The van der Waals surface area contributed by atoms with Gasteiger partial charge in [0.1, 0.15) is 5.75 Å². The van der Waals surface area contributed by atoms with E-state index in [0.29, 0.717) is 11.7 Å². The molecule has 0 saturated carbocycles. The van der Waals surface area contributed by atoms with E-state index < -0.39 is 0 Å². The molecule has 20 heavy (non-hydrogen) atoms. The summed E-state index contributed by atoms with van der Waals surface area (Å²) in [4.78, 5) is 8.72. The van der Waals surface area contributed by atoms with Gasteiger partial charge in [-0.05, 0) is 24.3 Å². The Bertz CT molecular complexity index is 585. The zero-order chi connectivity index (χ0) is 14.1. The lowest BCUT2D eigenvalue weighted by molar-refractivity contribution is 0.475. The molecule has 0 radical (unpaired) electrons. The van der Waals surface area contributed by atoms with Crippen molar-refractivity contribution in [2.45, 2.75) is 0 Å². The molecule has 1 saturated heterocycles. The summed E-state index contributed by atoms with van der Waals surface area (Å²) < 4.78 is 1.71. The van der Waals surface area contributed by atoms with E-state index in [0.717, 1.165) is 37.8 Å². The van der Waals surface area contributed by atoms with Crippen molar-refractivity contribution < 1.29 is 5.11 Å². The number of rotatable bonds is 2. The number of hydrogen-bond donors (Lipinski definition) is 2. The molecule has 2 aromatic rings. The van der Waals surface area contributed by atoms with Gasteiger partial charge in [-0.3, -0.25) is 0 Å². The molecule has 0 unspecified atom stereocenters. The first kappa shape index (κ1) is 12.6. The average Bonchev–Trinajstić information content (AvgIpc) is 2.79. The zero-order valence-electron chi connectivity index (χ0n) is 11.4. The lowest BCUT2D eigenvalue weighted by Crippen LogP contribution is -2.47. The quantitative estimate of drug-likeness (QED) is 0.826. The van der Waals surface area contributed by atoms with Crippen LogP contribution in [0, 0.1) is 0 Å². The van der Waals surface area contributed by atoms with Crippen LogP contribution >= 0.6 is 0 Å². The van der Waals surface area contributed by atoms with Crippen molar-refractivity contribution in [2.75, 3.05) is 41.7 Å². The summed E-state index contributed by atoms with van der Waals surface area (Å²) in [5.41, 5.74) is 6.74. The van der Waals surface area contributed by atoms with Gasteiger partial charge in [-0.15, -0.1) is 5.10 Å². The molecule has 1 aromatic carbocycles. The summed E-state index contributed by atoms with van der Waals surface area (Å²) in [5.74, 6) is 1.42. The molecule has 0 amide bonds. The van der Waals surface area contributed by atoms with Crippen molar-refractivity contribution in [3.8, 4) is 5.75 Å². The third-order valence-electron chi connectivity index (χ3n) is 3.53. The third-order valence-corrected chi connectivity index (χ3v) is 3.53. The fourth-order valence-corrected chi connectivity index (χ4v) is 2.50. The van der Waals surface area contributed by atoms with Gasteiger partial charge in [-0.2, -0.15) is 4.98 Å². The van der Waals surface area contributed by atoms with Crippen LogP contribution in [0.1, 0.15) is 0 Å². The van der Waals surface area contributed by atoms with Crippen molar-refractivity contribution in [3.05, 3.63) is 24.3 Å². The van der Waals surface area contributed by atoms with Gasteiger partial charge in [0.2, 0.25) is 11.9 Å². The number of nitrogens with two attached hydrogens (primary N) is 1. The molecule has 0 aliphatic carbocycles. The monoisotopic (exact) mass is 274 g/mol. The SMILES string of the molecule is Cn1nc(N)nc1N1CCN(c2ccc(O)cc2)CC1. The van der Waals surface area contributed by atoms with Crippen molar-refractivity contribution in [2.24, 2.45) is 7.05 Å². The minimum Gasteiger partial charge on any atom is -0.508 e. The van der Waals surface area contributed by atoms with Gasteiger partial charge in [-0.1, -0.05) is 0 Å². The molecule has 1 aliphatic rings. The van der Waals surface area contributed by atoms with Crippen LogP contribution in [0.15, 0.2) is 24.3 Å². The van der Waals surface area contributed by atoms with Crippen molar-refractivity contribution in [3.63, 3.8) is 0 Å². The Balaban J connectivity index is 1.67. The maximum absolute atomic E-state index is 9.32. The molecule has 3 rings (SSSR count). The number of anilines is 3. The maximum atomic E-state index is 9.32. The average molecular weight is 274 g/mol. The maximum Gasteiger partial charge on any atom is 0.241 e. The van der Waals surface area contributed by atoms with Gasteiger partial charge in [0, 0.05) is 38.9 Å². The van der Waals surface area contributed by atoms with Gasteiger partial charge in [-0.25, -0.2) is 4.68 Å². The Kier molecular flexibility index (Phi) is 3.09. The van der Waals surface area contributed by atoms with E-state index in [2.05, 4.69) is 19.9 Å². The number of hydrogen-bond acceptors (Lipinski definition) is 6. The van der Waals surface area contributed by atoms with E-state index in [1.165, 1.54) is 0 Å². The van der Waals surface area contributed by atoms with E-state index in [-0.39, 0.29) is 0 Å². The van der Waals surface area contributed by atoms with Crippen LogP contribution in [-0.4, -0.2) is 46.1 Å². The summed E-state index contributed by atoms with van der Waals surface area (Å²) in [6.07, 6.45) is 0.